The summed E-state index contributed by atoms with van der Waals surface area (Å²) in [5.41, 5.74) is 5.10. The molecule has 0 unspecified atom stereocenters. The molecule has 2 aromatic heterocycles. The van der Waals surface area contributed by atoms with Gasteiger partial charge in [-0.1, -0.05) is 29.8 Å². The van der Waals surface area contributed by atoms with Crippen LogP contribution in [-0.2, 0) is 11.2 Å². The van der Waals surface area contributed by atoms with Crippen LogP contribution in [0.4, 0.5) is 0 Å². The maximum absolute atomic E-state index is 12.9. The molecule has 2 amide bonds. The number of fused-ring (bicyclic) bond motifs is 1. The number of aryl methyl sites for hydroxylation is 1. The summed E-state index contributed by atoms with van der Waals surface area (Å²) in [6.45, 7) is 5.29. The van der Waals surface area contributed by atoms with Crippen molar-refractivity contribution in [1.82, 2.24) is 19.4 Å². The van der Waals surface area contributed by atoms with Crippen LogP contribution in [0.3, 0.4) is 0 Å². The third-order valence-corrected chi connectivity index (χ3v) is 6.96. The van der Waals surface area contributed by atoms with Crippen LogP contribution in [0, 0.1) is 6.92 Å². The Bertz CT molecular complexity index is 1120. The van der Waals surface area contributed by atoms with Crippen molar-refractivity contribution in [2.24, 2.45) is 0 Å². The number of hydrogen-bond donors (Lipinski definition) is 0. The predicted octanol–water partition coefficient (Wildman–Crippen LogP) is 3.83. The van der Waals surface area contributed by atoms with Gasteiger partial charge in [0.15, 0.2) is 0 Å². The fraction of sp³-hybridized carbons (Fsp3) is 0.423. The lowest BCUT2D eigenvalue weighted by Gasteiger charge is -2.32. The summed E-state index contributed by atoms with van der Waals surface area (Å²) in [7, 11) is 0. The molecule has 0 atom stereocenters. The van der Waals surface area contributed by atoms with Crippen molar-refractivity contribution < 1.29 is 9.59 Å². The third kappa shape index (κ3) is 4.14. The Morgan fingerprint density at radius 2 is 1.69 bits per heavy atom. The SMILES string of the molecule is Cc1ccc(CC(=O)N2CCC(c3ccn4ncc(C(=O)N5CCCC5)c4c3)CC2)cc1. The summed E-state index contributed by atoms with van der Waals surface area (Å²) in [4.78, 5) is 29.6. The maximum Gasteiger partial charge on any atom is 0.257 e. The Labute approximate surface area is 188 Å². The zero-order valence-corrected chi connectivity index (χ0v) is 18.7. The summed E-state index contributed by atoms with van der Waals surface area (Å²) in [6.07, 6.45) is 8.18. The number of likely N-dealkylation sites (tertiary alicyclic amines) is 2. The Morgan fingerprint density at radius 3 is 2.41 bits per heavy atom. The van der Waals surface area contributed by atoms with E-state index in [1.165, 1.54) is 11.1 Å². The van der Waals surface area contributed by atoms with Crippen LogP contribution >= 0.6 is 0 Å². The topological polar surface area (TPSA) is 57.9 Å². The van der Waals surface area contributed by atoms with Crippen molar-refractivity contribution in [2.75, 3.05) is 26.2 Å². The number of aromatic nitrogens is 2. The number of carbonyl (C=O) groups is 2. The third-order valence-electron chi connectivity index (χ3n) is 6.96. The number of amides is 2. The maximum atomic E-state index is 12.9. The summed E-state index contributed by atoms with van der Waals surface area (Å²) < 4.78 is 1.80. The lowest BCUT2D eigenvalue weighted by atomic mass is 9.89. The fourth-order valence-electron chi connectivity index (χ4n) is 4.96. The smallest absolute Gasteiger partial charge is 0.257 e. The van der Waals surface area contributed by atoms with Gasteiger partial charge in [0.05, 0.1) is 23.7 Å². The largest absolute Gasteiger partial charge is 0.342 e. The van der Waals surface area contributed by atoms with Crippen LogP contribution in [0.2, 0.25) is 0 Å². The van der Waals surface area contributed by atoms with Gasteiger partial charge in [-0.05, 0) is 61.8 Å². The highest BCUT2D eigenvalue weighted by atomic mass is 16.2. The van der Waals surface area contributed by atoms with E-state index in [-0.39, 0.29) is 11.8 Å². The van der Waals surface area contributed by atoms with Gasteiger partial charge in [0.1, 0.15) is 0 Å². The number of carbonyl (C=O) groups excluding carboxylic acids is 2. The van der Waals surface area contributed by atoms with Crippen molar-refractivity contribution in [3.63, 3.8) is 0 Å². The Kier molecular flexibility index (Phi) is 5.68. The average Bonchev–Trinajstić information content (AvgIpc) is 3.50. The summed E-state index contributed by atoms with van der Waals surface area (Å²) >= 11 is 0. The minimum Gasteiger partial charge on any atom is -0.342 e. The normalized spacial score (nSPS) is 17.3. The molecule has 2 fully saturated rings. The number of rotatable bonds is 4. The molecule has 0 spiro atoms. The molecule has 3 aromatic rings. The van der Waals surface area contributed by atoms with Gasteiger partial charge >= 0.3 is 0 Å². The molecule has 2 saturated heterocycles. The number of nitrogens with zero attached hydrogens (tertiary/aromatic N) is 4. The molecule has 0 radical (unpaired) electrons. The molecule has 6 nitrogen and oxygen atoms in total. The van der Waals surface area contributed by atoms with Crippen LogP contribution in [0.25, 0.3) is 5.52 Å². The van der Waals surface area contributed by atoms with Gasteiger partial charge < -0.3 is 9.80 Å². The molecule has 6 heteroatoms. The number of hydrogen-bond acceptors (Lipinski definition) is 3. The van der Waals surface area contributed by atoms with Gasteiger partial charge in [0.2, 0.25) is 5.91 Å². The van der Waals surface area contributed by atoms with E-state index in [9.17, 15) is 9.59 Å². The highest BCUT2D eigenvalue weighted by Crippen LogP contribution is 2.30. The van der Waals surface area contributed by atoms with Crippen LogP contribution in [0.5, 0.6) is 0 Å². The summed E-state index contributed by atoms with van der Waals surface area (Å²) in [5, 5.41) is 4.39. The van der Waals surface area contributed by atoms with E-state index in [0.29, 0.717) is 17.9 Å². The minimum absolute atomic E-state index is 0.0890. The molecular formula is C26H30N4O2. The average molecular weight is 431 g/mol. The molecule has 0 bridgehead atoms. The van der Waals surface area contributed by atoms with E-state index in [2.05, 4.69) is 36.3 Å². The highest BCUT2D eigenvalue weighted by Gasteiger charge is 2.26. The second-order valence-corrected chi connectivity index (χ2v) is 9.16. The molecule has 166 valence electrons. The standard InChI is InChI=1S/C26H30N4O2/c1-19-4-6-20(7-5-19)16-25(31)28-13-8-21(9-14-28)22-10-15-30-24(17-22)23(18-27-30)26(32)29-11-2-3-12-29/h4-7,10,15,17-18,21H,2-3,8-9,11-14,16H2,1H3. The van der Waals surface area contributed by atoms with Crippen molar-refractivity contribution in [2.45, 2.75) is 44.9 Å². The molecule has 2 aliphatic heterocycles. The van der Waals surface area contributed by atoms with E-state index in [1.807, 2.05) is 28.1 Å². The predicted molar refractivity (Wildman–Crippen MR) is 124 cm³/mol. The summed E-state index contributed by atoms with van der Waals surface area (Å²) in [6, 6.07) is 12.4. The van der Waals surface area contributed by atoms with E-state index < -0.39 is 0 Å². The Hall–Kier alpha value is -3.15. The Morgan fingerprint density at radius 1 is 0.969 bits per heavy atom. The van der Waals surface area contributed by atoms with Gasteiger partial charge in [-0.15, -0.1) is 0 Å². The molecule has 1 aromatic carbocycles. The minimum atomic E-state index is 0.0890. The van der Waals surface area contributed by atoms with Gasteiger partial charge in [-0.25, -0.2) is 4.52 Å². The van der Waals surface area contributed by atoms with Crippen LogP contribution < -0.4 is 0 Å². The molecule has 0 saturated carbocycles. The second kappa shape index (κ2) is 8.77. The molecule has 0 aliphatic carbocycles. The molecule has 0 N–H and O–H groups in total. The lowest BCUT2D eigenvalue weighted by Crippen LogP contribution is -2.38. The summed E-state index contributed by atoms with van der Waals surface area (Å²) in [5.74, 6) is 0.691. The molecule has 32 heavy (non-hydrogen) atoms. The zero-order valence-electron chi connectivity index (χ0n) is 18.7. The van der Waals surface area contributed by atoms with Crippen molar-refractivity contribution in [3.8, 4) is 0 Å². The second-order valence-electron chi connectivity index (χ2n) is 9.16. The van der Waals surface area contributed by atoms with E-state index in [0.717, 1.165) is 62.9 Å². The number of pyridine rings is 1. The highest BCUT2D eigenvalue weighted by molar-refractivity contribution is 6.00. The molecular weight excluding hydrogens is 400 g/mol. The Balaban J connectivity index is 1.25. The van der Waals surface area contributed by atoms with Gasteiger partial charge in [0.25, 0.3) is 5.91 Å². The van der Waals surface area contributed by atoms with E-state index in [4.69, 9.17) is 0 Å². The van der Waals surface area contributed by atoms with Crippen molar-refractivity contribution in [3.05, 3.63) is 71.0 Å². The number of piperidine rings is 1. The monoisotopic (exact) mass is 430 g/mol. The van der Waals surface area contributed by atoms with Crippen LogP contribution in [-0.4, -0.2) is 57.4 Å². The van der Waals surface area contributed by atoms with E-state index >= 15 is 0 Å². The first-order valence-corrected chi connectivity index (χ1v) is 11.7. The van der Waals surface area contributed by atoms with Crippen LogP contribution in [0.1, 0.15) is 58.6 Å². The molecule has 4 heterocycles. The van der Waals surface area contributed by atoms with E-state index in [1.54, 1.807) is 10.7 Å². The van der Waals surface area contributed by atoms with Crippen molar-refractivity contribution in [1.29, 1.82) is 0 Å². The van der Waals surface area contributed by atoms with Gasteiger partial charge in [-0.3, -0.25) is 9.59 Å². The quantitative estimate of drug-likeness (QED) is 0.632. The first kappa shape index (κ1) is 20.7. The van der Waals surface area contributed by atoms with Crippen molar-refractivity contribution >= 4 is 17.3 Å². The van der Waals surface area contributed by atoms with Gasteiger partial charge in [-0.2, -0.15) is 5.10 Å². The first-order valence-electron chi connectivity index (χ1n) is 11.7. The van der Waals surface area contributed by atoms with Gasteiger partial charge in [0, 0.05) is 32.4 Å². The zero-order chi connectivity index (χ0) is 22.1. The van der Waals surface area contributed by atoms with Crippen LogP contribution in [0.15, 0.2) is 48.8 Å². The lowest BCUT2D eigenvalue weighted by molar-refractivity contribution is -0.131. The first-order chi connectivity index (χ1) is 15.6. The number of benzene rings is 1. The molecule has 5 rings (SSSR count). The fourth-order valence-corrected chi connectivity index (χ4v) is 4.96. The molecule has 2 aliphatic rings.